The van der Waals surface area contributed by atoms with Crippen LogP contribution < -0.4 is 0 Å². The van der Waals surface area contributed by atoms with E-state index in [4.69, 9.17) is 14.2 Å². The molecule has 0 aromatic rings. The van der Waals surface area contributed by atoms with E-state index >= 15 is 0 Å². The fourth-order valence-electron chi connectivity index (χ4n) is 4.91. The number of carbonyl (C=O) groups is 2. The summed E-state index contributed by atoms with van der Waals surface area (Å²) in [5, 5.41) is 10.7. The van der Waals surface area contributed by atoms with Crippen LogP contribution in [0.4, 0.5) is 0 Å². The number of ether oxygens (including phenoxy) is 3. The lowest BCUT2D eigenvalue weighted by atomic mass is 9.80. The number of hydrogen-bond donors (Lipinski definition) is 1. The number of thioether (sulfide) groups is 2. The van der Waals surface area contributed by atoms with Crippen molar-refractivity contribution >= 4 is 35.5 Å². The molecule has 8 atom stereocenters. The summed E-state index contributed by atoms with van der Waals surface area (Å²) in [4.78, 5) is 25.7. The number of aliphatic hydroxyl groups is 1. The van der Waals surface area contributed by atoms with Gasteiger partial charge in [-0.3, -0.25) is 4.79 Å². The summed E-state index contributed by atoms with van der Waals surface area (Å²) in [7, 11) is 0. The van der Waals surface area contributed by atoms with Crippen LogP contribution in [0, 0.1) is 23.7 Å². The Morgan fingerprint density at radius 3 is 2.55 bits per heavy atom. The summed E-state index contributed by atoms with van der Waals surface area (Å²) in [6, 6.07) is 0. The molecule has 0 saturated carbocycles. The lowest BCUT2D eigenvalue weighted by Crippen LogP contribution is -2.39. The molecular formula is C23H34O6S2. The van der Waals surface area contributed by atoms with Crippen LogP contribution in [-0.2, 0) is 23.8 Å². The third-order valence-corrected chi connectivity index (χ3v) is 9.75. The first-order valence-electron chi connectivity index (χ1n) is 11.3. The molecule has 0 aromatic heterocycles. The van der Waals surface area contributed by atoms with Crippen molar-refractivity contribution in [1.82, 2.24) is 0 Å². The van der Waals surface area contributed by atoms with Gasteiger partial charge >= 0.3 is 11.9 Å². The number of carbonyl (C=O) groups excluding carboxylic acids is 2. The lowest BCUT2D eigenvalue weighted by Gasteiger charge is -2.27. The Kier molecular flexibility index (Phi) is 6.75. The number of epoxide rings is 1. The van der Waals surface area contributed by atoms with Gasteiger partial charge in [-0.25, -0.2) is 4.79 Å². The fraction of sp³-hybridized carbons (Fsp3) is 0.826. The maximum absolute atomic E-state index is 12.9. The van der Waals surface area contributed by atoms with Gasteiger partial charge in [0, 0.05) is 12.2 Å². The molecule has 1 aliphatic carbocycles. The molecule has 2 saturated heterocycles. The second-order valence-electron chi connectivity index (χ2n) is 10.3. The van der Waals surface area contributed by atoms with Crippen molar-refractivity contribution in [2.24, 2.45) is 23.7 Å². The number of aliphatic hydroxyl groups excluding tert-OH is 1. The number of fused-ring (bicyclic) bond motifs is 4. The van der Waals surface area contributed by atoms with E-state index in [0.29, 0.717) is 29.6 Å². The highest BCUT2D eigenvalue weighted by Gasteiger charge is 2.64. The standard InChI is InChI=1S/C23H34O6S2/c1-11(2)8-30-10-14-17-15-6-13(21(25)27-15)19(31-9-12(3)4)18(24)20-23(5,29-20)7-16(17)28-22(14)26/h6,11-12,14-20,24H,7-10H2,1-5H3. The third kappa shape index (κ3) is 4.68. The normalized spacial score (nSPS) is 41.5. The molecule has 0 aromatic carbocycles. The van der Waals surface area contributed by atoms with Crippen LogP contribution in [0.2, 0.25) is 0 Å². The van der Waals surface area contributed by atoms with E-state index in [1.54, 1.807) is 23.5 Å². The van der Waals surface area contributed by atoms with Gasteiger partial charge in [-0.15, -0.1) is 0 Å². The van der Waals surface area contributed by atoms with E-state index in [1.807, 2.05) is 13.0 Å². The van der Waals surface area contributed by atoms with E-state index in [2.05, 4.69) is 27.7 Å². The first kappa shape index (κ1) is 23.5. The Labute approximate surface area is 193 Å². The molecule has 0 radical (unpaired) electrons. The molecule has 2 bridgehead atoms. The first-order chi connectivity index (χ1) is 14.6. The Morgan fingerprint density at radius 2 is 1.87 bits per heavy atom. The summed E-state index contributed by atoms with van der Waals surface area (Å²) < 4.78 is 17.6. The molecule has 0 amide bonds. The van der Waals surface area contributed by atoms with Gasteiger partial charge in [-0.1, -0.05) is 27.7 Å². The molecule has 31 heavy (non-hydrogen) atoms. The number of hydrogen-bond acceptors (Lipinski definition) is 8. The molecule has 8 heteroatoms. The van der Waals surface area contributed by atoms with Crippen molar-refractivity contribution in [1.29, 1.82) is 0 Å². The zero-order valence-electron chi connectivity index (χ0n) is 18.9. The van der Waals surface area contributed by atoms with Crippen molar-refractivity contribution in [3.05, 3.63) is 11.6 Å². The minimum atomic E-state index is -0.808. The largest absolute Gasteiger partial charge is 0.462 e. The quantitative estimate of drug-likeness (QED) is 0.449. The minimum absolute atomic E-state index is 0.213. The Balaban J connectivity index is 1.64. The van der Waals surface area contributed by atoms with Gasteiger partial charge in [-0.05, 0) is 36.3 Å². The zero-order chi connectivity index (χ0) is 22.5. The number of esters is 2. The van der Waals surface area contributed by atoms with Crippen molar-refractivity contribution in [3.63, 3.8) is 0 Å². The maximum atomic E-state index is 12.9. The predicted octanol–water partition coefficient (Wildman–Crippen LogP) is 3.07. The lowest BCUT2D eigenvalue weighted by molar-refractivity contribution is -0.144. The number of rotatable bonds is 7. The van der Waals surface area contributed by atoms with Crippen LogP contribution in [0.5, 0.6) is 0 Å². The van der Waals surface area contributed by atoms with E-state index < -0.39 is 23.1 Å². The van der Waals surface area contributed by atoms with E-state index in [1.165, 1.54) is 0 Å². The van der Waals surface area contributed by atoms with Crippen LogP contribution in [0.25, 0.3) is 0 Å². The molecule has 6 nitrogen and oxygen atoms in total. The highest BCUT2D eigenvalue weighted by atomic mass is 32.2. The molecule has 4 aliphatic rings. The van der Waals surface area contributed by atoms with Gasteiger partial charge in [-0.2, -0.15) is 23.5 Å². The van der Waals surface area contributed by atoms with Crippen LogP contribution in [-0.4, -0.2) is 69.6 Å². The monoisotopic (exact) mass is 470 g/mol. The minimum Gasteiger partial charge on any atom is -0.462 e. The van der Waals surface area contributed by atoms with Crippen LogP contribution in [0.15, 0.2) is 11.6 Å². The van der Waals surface area contributed by atoms with Gasteiger partial charge in [0.05, 0.1) is 34.4 Å². The van der Waals surface area contributed by atoms with Crippen molar-refractivity contribution in [2.75, 3.05) is 17.3 Å². The topological polar surface area (TPSA) is 85.4 Å². The molecular weight excluding hydrogens is 436 g/mol. The van der Waals surface area contributed by atoms with Gasteiger partial charge in [0.1, 0.15) is 18.3 Å². The van der Waals surface area contributed by atoms with Gasteiger partial charge in [0.2, 0.25) is 0 Å². The summed E-state index contributed by atoms with van der Waals surface area (Å²) >= 11 is 3.34. The van der Waals surface area contributed by atoms with Crippen LogP contribution in [0.3, 0.4) is 0 Å². The molecule has 4 rings (SSSR count). The van der Waals surface area contributed by atoms with Crippen molar-refractivity contribution in [2.45, 2.75) is 76.3 Å². The SMILES string of the molecule is CC(C)CSCC1C(=O)OC2CC3(C)OC3C(O)C(SCC(C)C)C3=CC(OC3=O)C21. The smallest absolute Gasteiger partial charge is 0.335 e. The zero-order valence-corrected chi connectivity index (χ0v) is 20.5. The summed E-state index contributed by atoms with van der Waals surface area (Å²) in [5.74, 6) is 2.29. The summed E-state index contributed by atoms with van der Waals surface area (Å²) in [5.41, 5.74) is -0.0471. The molecule has 3 aliphatic heterocycles. The molecule has 3 heterocycles. The Bertz CT molecular complexity index is 752. The molecule has 0 spiro atoms. The van der Waals surface area contributed by atoms with E-state index in [0.717, 1.165) is 11.5 Å². The predicted molar refractivity (Wildman–Crippen MR) is 122 cm³/mol. The molecule has 2 fully saturated rings. The Morgan fingerprint density at radius 1 is 1.16 bits per heavy atom. The van der Waals surface area contributed by atoms with Crippen molar-refractivity contribution < 1.29 is 28.9 Å². The van der Waals surface area contributed by atoms with Crippen LogP contribution in [0.1, 0.15) is 41.0 Å². The van der Waals surface area contributed by atoms with E-state index in [-0.39, 0.29) is 36.0 Å². The third-order valence-electron chi connectivity index (χ3n) is 6.50. The second-order valence-corrected chi connectivity index (χ2v) is 12.5. The maximum Gasteiger partial charge on any atom is 0.335 e. The van der Waals surface area contributed by atoms with Gasteiger partial charge in [0.25, 0.3) is 0 Å². The average Bonchev–Trinajstić information content (AvgIpc) is 3.04. The summed E-state index contributed by atoms with van der Waals surface area (Å²) in [6.07, 6.45) is 0.294. The van der Waals surface area contributed by atoms with Gasteiger partial charge in [0.15, 0.2) is 0 Å². The fourth-order valence-corrected chi connectivity index (χ4v) is 7.41. The average molecular weight is 471 g/mol. The second kappa shape index (κ2) is 8.92. The van der Waals surface area contributed by atoms with E-state index in [9.17, 15) is 14.7 Å². The molecule has 1 N–H and O–H groups in total. The Hall–Kier alpha value is -0.700. The molecule has 8 unspecified atom stereocenters. The first-order valence-corrected chi connectivity index (χ1v) is 13.5. The molecule has 174 valence electrons. The highest BCUT2D eigenvalue weighted by Crippen LogP contribution is 2.51. The van der Waals surface area contributed by atoms with Crippen LogP contribution >= 0.6 is 23.5 Å². The van der Waals surface area contributed by atoms with Crippen molar-refractivity contribution in [3.8, 4) is 0 Å². The van der Waals surface area contributed by atoms with Gasteiger partial charge < -0.3 is 19.3 Å². The highest BCUT2D eigenvalue weighted by molar-refractivity contribution is 8.00. The summed E-state index contributed by atoms with van der Waals surface area (Å²) in [6.45, 7) is 10.5.